The van der Waals surface area contributed by atoms with Crippen molar-refractivity contribution in [1.82, 2.24) is 15.0 Å². The molecule has 4 aromatic rings. The molecule has 0 aliphatic carbocycles. The number of rotatable bonds is 4. The molecule has 0 saturated carbocycles. The van der Waals surface area contributed by atoms with Gasteiger partial charge in [0.2, 0.25) is 0 Å². The summed E-state index contributed by atoms with van der Waals surface area (Å²) in [5.74, 6) is 0.991. The molecule has 2 aromatic carbocycles. The first kappa shape index (κ1) is 16.5. The highest BCUT2D eigenvalue weighted by Gasteiger charge is 2.09. The molecule has 3 N–H and O–H groups in total. The Morgan fingerprint density at radius 2 is 1.85 bits per heavy atom. The summed E-state index contributed by atoms with van der Waals surface area (Å²) in [5.41, 5.74) is 4.95. The number of benzene rings is 2. The molecule has 7 nitrogen and oxygen atoms in total. The van der Waals surface area contributed by atoms with E-state index in [0.29, 0.717) is 17.2 Å². The van der Waals surface area contributed by atoms with E-state index in [9.17, 15) is 10.2 Å². The fraction of sp³-hybridized carbons (Fsp3) is 0. The number of nitrogens with one attached hydrogen (secondary N) is 1. The monoisotopic (exact) mass is 357 g/mol. The van der Waals surface area contributed by atoms with Crippen LogP contribution >= 0.6 is 0 Å². The predicted molar refractivity (Wildman–Crippen MR) is 104 cm³/mol. The molecule has 0 spiro atoms. The van der Waals surface area contributed by atoms with Gasteiger partial charge in [-0.25, -0.2) is 9.97 Å². The average molecular weight is 357 g/mol. The highest BCUT2D eigenvalue weighted by atomic mass is 16.3. The molecular weight excluding hydrogens is 342 g/mol. The molecule has 0 aliphatic rings. The number of aromatic hydroxyl groups is 2. The Kier molecular flexibility index (Phi) is 4.32. The van der Waals surface area contributed by atoms with Crippen LogP contribution in [0.15, 0.2) is 72.1 Å². The highest BCUT2D eigenvalue weighted by molar-refractivity contribution is 5.91. The number of fused-ring (bicyclic) bond motifs is 1. The number of phenolic OH excluding ortho intramolecular Hbond substituents is 2. The Bertz CT molecular complexity index is 1130. The van der Waals surface area contributed by atoms with Crippen LogP contribution in [0.25, 0.3) is 22.3 Å². The Morgan fingerprint density at radius 3 is 2.67 bits per heavy atom. The molecule has 7 heteroatoms. The SMILES string of the molecule is Oc1ccc(/C=N/Nc2nc(-c3cccnc3)nc3ccccc23)c(O)c1. The van der Waals surface area contributed by atoms with Gasteiger partial charge in [0.05, 0.1) is 11.7 Å². The second-order valence-electron chi connectivity index (χ2n) is 5.77. The van der Waals surface area contributed by atoms with Crippen LogP contribution in [0, 0.1) is 0 Å². The lowest BCUT2D eigenvalue weighted by atomic mass is 10.2. The van der Waals surface area contributed by atoms with Crippen LogP contribution in [0.4, 0.5) is 5.82 Å². The quantitative estimate of drug-likeness (QED) is 0.381. The van der Waals surface area contributed by atoms with Gasteiger partial charge >= 0.3 is 0 Å². The maximum Gasteiger partial charge on any atom is 0.163 e. The molecule has 0 fully saturated rings. The minimum atomic E-state index is -0.0656. The Hall–Kier alpha value is -4.00. The number of nitrogens with zero attached hydrogens (tertiary/aromatic N) is 4. The highest BCUT2D eigenvalue weighted by Crippen LogP contribution is 2.25. The summed E-state index contributed by atoms with van der Waals surface area (Å²) in [6, 6.07) is 15.6. The largest absolute Gasteiger partial charge is 0.508 e. The fourth-order valence-electron chi connectivity index (χ4n) is 2.59. The number of hydrogen-bond acceptors (Lipinski definition) is 7. The van der Waals surface area contributed by atoms with Gasteiger partial charge in [0.1, 0.15) is 11.5 Å². The van der Waals surface area contributed by atoms with E-state index < -0.39 is 0 Å². The maximum atomic E-state index is 9.84. The first-order chi connectivity index (χ1) is 13.2. The van der Waals surface area contributed by atoms with E-state index in [1.54, 1.807) is 18.5 Å². The molecular formula is C20H15N5O2. The van der Waals surface area contributed by atoms with Gasteiger partial charge in [-0.1, -0.05) is 12.1 Å². The summed E-state index contributed by atoms with van der Waals surface area (Å²) in [6.07, 6.45) is 4.85. The van der Waals surface area contributed by atoms with Crippen LogP contribution in [0.3, 0.4) is 0 Å². The van der Waals surface area contributed by atoms with Crippen molar-refractivity contribution in [2.75, 3.05) is 5.43 Å². The molecule has 0 bridgehead atoms. The molecule has 0 radical (unpaired) electrons. The van der Waals surface area contributed by atoms with E-state index in [1.165, 1.54) is 18.3 Å². The van der Waals surface area contributed by atoms with Crippen LogP contribution in [-0.2, 0) is 0 Å². The summed E-state index contributed by atoms with van der Waals surface area (Å²) < 4.78 is 0. The molecule has 0 aliphatic heterocycles. The van der Waals surface area contributed by atoms with Crippen LogP contribution in [0.2, 0.25) is 0 Å². The third-order valence-electron chi connectivity index (χ3n) is 3.91. The van der Waals surface area contributed by atoms with Gasteiger partial charge in [-0.3, -0.25) is 10.4 Å². The summed E-state index contributed by atoms with van der Waals surface area (Å²) in [5, 5.41) is 24.2. The lowest BCUT2D eigenvalue weighted by Gasteiger charge is -2.08. The van der Waals surface area contributed by atoms with Crippen LogP contribution < -0.4 is 5.43 Å². The molecule has 4 rings (SSSR count). The van der Waals surface area contributed by atoms with Gasteiger partial charge in [-0.05, 0) is 36.4 Å². The topological polar surface area (TPSA) is 104 Å². The van der Waals surface area contributed by atoms with Gasteiger partial charge in [-0.15, -0.1) is 0 Å². The molecule has 0 unspecified atom stereocenters. The number of aromatic nitrogens is 3. The first-order valence-corrected chi connectivity index (χ1v) is 8.19. The number of para-hydroxylation sites is 1. The van der Waals surface area contributed by atoms with Crippen molar-refractivity contribution < 1.29 is 10.2 Å². The minimum Gasteiger partial charge on any atom is -0.508 e. The lowest BCUT2D eigenvalue weighted by Crippen LogP contribution is -1.99. The molecule has 0 saturated heterocycles. The number of hydrogen-bond donors (Lipinski definition) is 3. The summed E-state index contributed by atoms with van der Waals surface area (Å²) in [6.45, 7) is 0. The number of hydrazone groups is 1. The molecule has 0 atom stereocenters. The zero-order valence-electron chi connectivity index (χ0n) is 14.1. The fourth-order valence-corrected chi connectivity index (χ4v) is 2.59. The summed E-state index contributed by atoms with van der Waals surface area (Å²) >= 11 is 0. The number of phenols is 2. The van der Waals surface area contributed by atoms with E-state index in [2.05, 4.69) is 25.5 Å². The molecule has 2 heterocycles. The predicted octanol–water partition coefficient (Wildman–Crippen LogP) is 3.55. The summed E-state index contributed by atoms with van der Waals surface area (Å²) in [4.78, 5) is 13.3. The Balaban J connectivity index is 1.71. The standard InChI is InChI=1S/C20H15N5O2/c26-15-8-7-13(18(27)10-15)12-22-25-20-16-5-1-2-6-17(16)23-19(24-20)14-4-3-9-21-11-14/h1-12,26-27H,(H,23,24,25)/b22-12+. The lowest BCUT2D eigenvalue weighted by molar-refractivity contribution is 0.450. The molecule has 27 heavy (non-hydrogen) atoms. The smallest absolute Gasteiger partial charge is 0.163 e. The zero-order chi connectivity index (χ0) is 18.6. The molecule has 0 amide bonds. The molecule has 132 valence electrons. The van der Waals surface area contributed by atoms with Crippen molar-refractivity contribution >= 4 is 22.9 Å². The molecule has 2 aromatic heterocycles. The summed E-state index contributed by atoms with van der Waals surface area (Å²) in [7, 11) is 0. The van der Waals surface area contributed by atoms with E-state index in [4.69, 9.17) is 0 Å². The van der Waals surface area contributed by atoms with Gasteiger partial charge in [0, 0.05) is 35.0 Å². The van der Waals surface area contributed by atoms with Crippen molar-refractivity contribution in [1.29, 1.82) is 0 Å². The Labute approximate surface area is 154 Å². The third-order valence-corrected chi connectivity index (χ3v) is 3.91. The van der Waals surface area contributed by atoms with Gasteiger partial charge in [0.15, 0.2) is 11.6 Å². The van der Waals surface area contributed by atoms with Gasteiger partial charge < -0.3 is 10.2 Å². The van der Waals surface area contributed by atoms with Crippen molar-refractivity contribution in [2.45, 2.75) is 0 Å². The Morgan fingerprint density at radius 1 is 0.963 bits per heavy atom. The third kappa shape index (κ3) is 3.52. The average Bonchev–Trinajstić information content (AvgIpc) is 2.70. The normalized spacial score (nSPS) is 11.1. The van der Waals surface area contributed by atoms with Crippen molar-refractivity contribution in [2.24, 2.45) is 5.10 Å². The zero-order valence-corrected chi connectivity index (χ0v) is 14.1. The van der Waals surface area contributed by atoms with E-state index >= 15 is 0 Å². The van der Waals surface area contributed by atoms with E-state index in [0.717, 1.165) is 16.5 Å². The second kappa shape index (κ2) is 7.09. The van der Waals surface area contributed by atoms with Gasteiger partial charge in [0.25, 0.3) is 0 Å². The van der Waals surface area contributed by atoms with Crippen molar-refractivity contribution in [3.8, 4) is 22.9 Å². The minimum absolute atomic E-state index is 0.0134. The van der Waals surface area contributed by atoms with Crippen LogP contribution in [0.1, 0.15) is 5.56 Å². The van der Waals surface area contributed by atoms with Gasteiger partial charge in [-0.2, -0.15) is 5.10 Å². The van der Waals surface area contributed by atoms with Crippen molar-refractivity contribution in [3.05, 3.63) is 72.6 Å². The van der Waals surface area contributed by atoms with Crippen LogP contribution in [0.5, 0.6) is 11.5 Å². The number of anilines is 1. The van der Waals surface area contributed by atoms with Crippen molar-refractivity contribution in [3.63, 3.8) is 0 Å². The maximum absolute atomic E-state index is 9.84. The van der Waals surface area contributed by atoms with Crippen LogP contribution in [-0.4, -0.2) is 31.4 Å². The second-order valence-corrected chi connectivity index (χ2v) is 5.77. The van der Waals surface area contributed by atoms with E-state index in [1.807, 2.05) is 36.4 Å². The first-order valence-electron chi connectivity index (χ1n) is 8.19. The van der Waals surface area contributed by atoms with E-state index in [-0.39, 0.29) is 11.5 Å². The number of pyridine rings is 1.